The summed E-state index contributed by atoms with van der Waals surface area (Å²) >= 11 is 0. The molecule has 0 fully saturated rings. The second-order valence-electron chi connectivity index (χ2n) is 4.90. The minimum atomic E-state index is -0.351. The summed E-state index contributed by atoms with van der Waals surface area (Å²) in [6.07, 6.45) is 8.23. The third-order valence-electron chi connectivity index (χ3n) is 2.78. The number of hydrogen-bond donors (Lipinski definition) is 0. The lowest BCUT2D eigenvalue weighted by Crippen LogP contribution is -2.04. The van der Waals surface area contributed by atoms with Crippen LogP contribution in [0.2, 0.25) is 0 Å². The lowest BCUT2D eigenvalue weighted by Gasteiger charge is -2.11. The third-order valence-corrected chi connectivity index (χ3v) is 2.78. The average molecular weight is 296 g/mol. The normalized spacial score (nSPS) is 12.2. The van der Waals surface area contributed by atoms with Gasteiger partial charge in [-0.25, -0.2) is 4.79 Å². The van der Waals surface area contributed by atoms with Crippen LogP contribution in [0.3, 0.4) is 0 Å². The van der Waals surface area contributed by atoms with Crippen molar-refractivity contribution in [1.29, 1.82) is 0 Å². The quantitative estimate of drug-likeness (QED) is 0.198. The van der Waals surface area contributed by atoms with Gasteiger partial charge in [0.05, 0.1) is 6.61 Å². The first kappa shape index (κ1) is 19.4. The molecule has 0 aliphatic rings. The maximum atomic E-state index is 11.6. The number of rotatable bonds is 10. The van der Waals surface area contributed by atoms with Crippen LogP contribution >= 0.6 is 0 Å². The summed E-state index contributed by atoms with van der Waals surface area (Å²) in [6, 6.07) is 0. The van der Waals surface area contributed by atoms with E-state index in [1.165, 1.54) is 13.0 Å². The van der Waals surface area contributed by atoms with E-state index in [1.807, 2.05) is 20.8 Å². The number of carbonyl (C=O) groups excluding carboxylic acids is 2. The van der Waals surface area contributed by atoms with E-state index in [9.17, 15) is 9.59 Å². The van der Waals surface area contributed by atoms with Gasteiger partial charge in [0.15, 0.2) is 0 Å². The smallest absolute Gasteiger partial charge is 0.330 e. The fraction of sp³-hybridized carbons (Fsp3) is 0.647. The van der Waals surface area contributed by atoms with Gasteiger partial charge in [0.2, 0.25) is 0 Å². The topological polar surface area (TPSA) is 52.6 Å². The maximum absolute atomic E-state index is 11.6. The van der Waals surface area contributed by atoms with Crippen molar-refractivity contribution in [1.82, 2.24) is 0 Å². The molecule has 0 aliphatic carbocycles. The molecule has 0 aromatic carbocycles. The van der Waals surface area contributed by atoms with Crippen molar-refractivity contribution in [2.24, 2.45) is 0 Å². The van der Waals surface area contributed by atoms with Gasteiger partial charge in [0.1, 0.15) is 5.76 Å². The third kappa shape index (κ3) is 9.88. The van der Waals surface area contributed by atoms with E-state index >= 15 is 0 Å². The molecular weight excluding hydrogens is 268 g/mol. The Bertz CT molecular complexity index is 380. The van der Waals surface area contributed by atoms with Crippen LogP contribution < -0.4 is 0 Å². The number of unbranched alkanes of at least 4 members (excludes halogenated alkanes) is 1. The molecule has 0 N–H and O–H groups in total. The summed E-state index contributed by atoms with van der Waals surface area (Å²) in [5.74, 6) is -0.0221. The van der Waals surface area contributed by atoms with Gasteiger partial charge in [-0.05, 0) is 30.9 Å². The number of allylic oxidation sites excluding steroid dienone is 3. The Labute approximate surface area is 128 Å². The molecule has 0 aliphatic heterocycles. The Morgan fingerprint density at radius 1 is 0.952 bits per heavy atom. The van der Waals surface area contributed by atoms with Gasteiger partial charge in [-0.15, -0.1) is 0 Å². The van der Waals surface area contributed by atoms with Crippen LogP contribution in [0.15, 0.2) is 23.5 Å². The highest BCUT2D eigenvalue weighted by Crippen LogP contribution is 2.19. The van der Waals surface area contributed by atoms with E-state index in [0.29, 0.717) is 18.8 Å². The van der Waals surface area contributed by atoms with Gasteiger partial charge < -0.3 is 9.47 Å². The van der Waals surface area contributed by atoms with Crippen molar-refractivity contribution >= 4 is 11.9 Å². The Morgan fingerprint density at radius 3 is 2.14 bits per heavy atom. The molecule has 0 amide bonds. The molecule has 120 valence electrons. The first-order valence-electron chi connectivity index (χ1n) is 7.80. The van der Waals surface area contributed by atoms with Crippen LogP contribution in [0.1, 0.15) is 66.2 Å². The lowest BCUT2D eigenvalue weighted by atomic mass is 10.1. The Kier molecular flexibility index (Phi) is 11.3. The largest absolute Gasteiger partial charge is 0.463 e. The van der Waals surface area contributed by atoms with E-state index in [2.05, 4.69) is 0 Å². The molecule has 0 unspecified atom stereocenters. The van der Waals surface area contributed by atoms with Gasteiger partial charge in [-0.2, -0.15) is 0 Å². The van der Waals surface area contributed by atoms with Crippen molar-refractivity contribution in [2.45, 2.75) is 66.2 Å². The molecular formula is C17H28O4. The van der Waals surface area contributed by atoms with Gasteiger partial charge in [-0.1, -0.05) is 33.6 Å². The molecule has 0 bridgehead atoms. The molecule has 4 nitrogen and oxygen atoms in total. The molecule has 0 aromatic heterocycles. The molecule has 0 heterocycles. The fourth-order valence-corrected chi connectivity index (χ4v) is 1.80. The molecule has 4 heteroatoms. The van der Waals surface area contributed by atoms with Crippen molar-refractivity contribution in [3.63, 3.8) is 0 Å². The zero-order valence-electron chi connectivity index (χ0n) is 13.7. The zero-order chi connectivity index (χ0) is 16.1. The summed E-state index contributed by atoms with van der Waals surface area (Å²) in [5.41, 5.74) is 0.891. The first-order chi connectivity index (χ1) is 10.0. The Balaban J connectivity index is 4.89. The van der Waals surface area contributed by atoms with Gasteiger partial charge in [-0.3, -0.25) is 4.79 Å². The minimum Gasteiger partial charge on any atom is -0.463 e. The Hall–Kier alpha value is -1.58. The SMILES string of the molecule is CCCCOC(=O)/C=C/C(CCC)=C(\CCC)OC(C)=O. The fourth-order valence-electron chi connectivity index (χ4n) is 1.80. The maximum Gasteiger partial charge on any atom is 0.330 e. The highest BCUT2D eigenvalue weighted by molar-refractivity contribution is 5.82. The van der Waals surface area contributed by atoms with Crippen LogP contribution in [0, 0.1) is 0 Å². The Morgan fingerprint density at radius 2 is 1.62 bits per heavy atom. The van der Waals surface area contributed by atoms with Crippen molar-refractivity contribution in [3.05, 3.63) is 23.5 Å². The number of esters is 2. The second kappa shape index (κ2) is 12.2. The van der Waals surface area contributed by atoms with Crippen LogP contribution in [-0.2, 0) is 19.1 Å². The van der Waals surface area contributed by atoms with E-state index in [0.717, 1.165) is 37.7 Å². The van der Waals surface area contributed by atoms with Crippen LogP contribution in [0.4, 0.5) is 0 Å². The lowest BCUT2D eigenvalue weighted by molar-refractivity contribution is -0.138. The van der Waals surface area contributed by atoms with E-state index in [-0.39, 0.29) is 11.9 Å². The average Bonchev–Trinajstić information content (AvgIpc) is 2.43. The predicted molar refractivity (Wildman–Crippen MR) is 83.6 cm³/mol. The predicted octanol–water partition coefficient (Wildman–Crippen LogP) is 4.30. The van der Waals surface area contributed by atoms with E-state index < -0.39 is 0 Å². The molecule has 0 saturated carbocycles. The van der Waals surface area contributed by atoms with Crippen LogP contribution in [0.25, 0.3) is 0 Å². The van der Waals surface area contributed by atoms with E-state index in [4.69, 9.17) is 9.47 Å². The molecule has 0 radical (unpaired) electrons. The number of ether oxygens (including phenoxy) is 2. The second-order valence-corrected chi connectivity index (χ2v) is 4.90. The van der Waals surface area contributed by atoms with Gasteiger partial charge in [0, 0.05) is 19.4 Å². The molecule has 21 heavy (non-hydrogen) atoms. The summed E-state index contributed by atoms with van der Waals surface area (Å²) in [7, 11) is 0. The number of hydrogen-bond acceptors (Lipinski definition) is 4. The van der Waals surface area contributed by atoms with Gasteiger partial charge >= 0.3 is 11.9 Å². The molecule has 0 rings (SSSR count). The molecule has 0 spiro atoms. The number of carbonyl (C=O) groups is 2. The summed E-state index contributed by atoms with van der Waals surface area (Å²) in [6.45, 7) is 7.95. The highest BCUT2D eigenvalue weighted by atomic mass is 16.5. The van der Waals surface area contributed by atoms with Crippen molar-refractivity contribution in [2.75, 3.05) is 6.61 Å². The molecule has 0 aromatic rings. The van der Waals surface area contributed by atoms with Crippen LogP contribution in [0.5, 0.6) is 0 Å². The van der Waals surface area contributed by atoms with Crippen molar-refractivity contribution < 1.29 is 19.1 Å². The van der Waals surface area contributed by atoms with Crippen molar-refractivity contribution in [3.8, 4) is 0 Å². The monoisotopic (exact) mass is 296 g/mol. The summed E-state index contributed by atoms with van der Waals surface area (Å²) in [4.78, 5) is 22.8. The zero-order valence-corrected chi connectivity index (χ0v) is 13.7. The van der Waals surface area contributed by atoms with Crippen LogP contribution in [-0.4, -0.2) is 18.5 Å². The summed E-state index contributed by atoms with van der Waals surface area (Å²) < 4.78 is 10.3. The van der Waals surface area contributed by atoms with E-state index in [1.54, 1.807) is 6.08 Å². The van der Waals surface area contributed by atoms with Gasteiger partial charge in [0.25, 0.3) is 0 Å². The summed E-state index contributed by atoms with van der Waals surface area (Å²) in [5, 5.41) is 0. The first-order valence-corrected chi connectivity index (χ1v) is 7.80. The highest BCUT2D eigenvalue weighted by Gasteiger charge is 2.08. The molecule has 0 atom stereocenters. The standard InChI is InChI=1S/C17H28O4/c1-5-8-13-20-17(19)12-11-15(9-6-2)16(10-7-3)21-14(4)18/h11-12H,5-10,13H2,1-4H3/b12-11+,16-15+. The molecule has 0 saturated heterocycles. The minimum absolute atomic E-state index is 0.328.